The third-order valence-electron chi connectivity index (χ3n) is 2.39. The quantitative estimate of drug-likeness (QED) is 0.869. The molecule has 0 fully saturated rings. The Bertz CT molecular complexity index is 512. The lowest BCUT2D eigenvalue weighted by atomic mass is 10.3. The van der Waals surface area contributed by atoms with Gasteiger partial charge in [0.1, 0.15) is 5.75 Å². The highest BCUT2D eigenvalue weighted by Gasteiger charge is 2.11. The number of aryl methyl sites for hydroxylation is 1. The normalized spacial score (nSPS) is 10.5. The van der Waals surface area contributed by atoms with Gasteiger partial charge in [0.2, 0.25) is 0 Å². The van der Waals surface area contributed by atoms with Gasteiger partial charge in [0.15, 0.2) is 5.82 Å². The molecule has 2 rings (SSSR count). The van der Waals surface area contributed by atoms with Gasteiger partial charge in [-0.05, 0) is 44.9 Å². The van der Waals surface area contributed by atoms with Crippen molar-refractivity contribution in [2.24, 2.45) is 0 Å². The van der Waals surface area contributed by atoms with E-state index in [1.54, 1.807) is 11.8 Å². The van der Waals surface area contributed by atoms with Crippen LogP contribution in [0.3, 0.4) is 0 Å². The van der Waals surface area contributed by atoms with Crippen molar-refractivity contribution in [3.63, 3.8) is 0 Å². The SMILES string of the molecule is CCCc1nnnn1-c1cc(OC)ccc1Br. The number of nitrogens with zero attached hydrogens (tertiary/aromatic N) is 4. The first-order valence-electron chi connectivity index (χ1n) is 5.37. The molecule has 0 radical (unpaired) electrons. The Balaban J connectivity index is 2.47. The first-order valence-corrected chi connectivity index (χ1v) is 6.16. The molecule has 0 unspecified atom stereocenters. The first kappa shape index (κ1) is 12.0. The van der Waals surface area contributed by atoms with E-state index in [-0.39, 0.29) is 0 Å². The molecule has 1 aromatic heterocycles. The van der Waals surface area contributed by atoms with E-state index in [1.807, 2.05) is 18.2 Å². The van der Waals surface area contributed by atoms with Gasteiger partial charge in [-0.15, -0.1) is 5.10 Å². The van der Waals surface area contributed by atoms with Crippen LogP contribution in [0.4, 0.5) is 0 Å². The summed E-state index contributed by atoms with van der Waals surface area (Å²) >= 11 is 3.49. The highest BCUT2D eigenvalue weighted by Crippen LogP contribution is 2.25. The molecule has 0 aliphatic rings. The highest BCUT2D eigenvalue weighted by molar-refractivity contribution is 9.10. The molecule has 90 valence electrons. The standard InChI is InChI=1S/C11H13BrN4O/c1-3-4-11-13-14-15-16(11)10-7-8(17-2)5-6-9(10)12/h5-7H,3-4H2,1-2H3. The molecular formula is C11H13BrN4O. The molecule has 0 aliphatic carbocycles. The Kier molecular flexibility index (Phi) is 3.73. The lowest BCUT2D eigenvalue weighted by Crippen LogP contribution is -2.04. The fourth-order valence-corrected chi connectivity index (χ4v) is 1.97. The van der Waals surface area contributed by atoms with Crippen LogP contribution < -0.4 is 4.74 Å². The predicted octanol–water partition coefficient (Wildman–Crippen LogP) is 2.39. The van der Waals surface area contributed by atoms with E-state index in [0.717, 1.165) is 34.6 Å². The molecule has 0 bridgehead atoms. The summed E-state index contributed by atoms with van der Waals surface area (Å²) in [5.41, 5.74) is 0.887. The van der Waals surface area contributed by atoms with Crippen molar-refractivity contribution in [1.29, 1.82) is 0 Å². The van der Waals surface area contributed by atoms with Crippen LogP contribution >= 0.6 is 15.9 Å². The van der Waals surface area contributed by atoms with Crippen LogP contribution in [0.15, 0.2) is 22.7 Å². The number of methoxy groups -OCH3 is 1. The van der Waals surface area contributed by atoms with E-state index in [2.05, 4.69) is 38.4 Å². The van der Waals surface area contributed by atoms with E-state index >= 15 is 0 Å². The maximum Gasteiger partial charge on any atom is 0.156 e. The molecule has 0 atom stereocenters. The molecule has 1 heterocycles. The third-order valence-corrected chi connectivity index (χ3v) is 3.06. The molecule has 0 N–H and O–H groups in total. The minimum Gasteiger partial charge on any atom is -0.497 e. The molecular weight excluding hydrogens is 284 g/mol. The van der Waals surface area contributed by atoms with Crippen LogP contribution in [0.5, 0.6) is 5.75 Å². The van der Waals surface area contributed by atoms with Crippen LogP contribution in [0, 0.1) is 0 Å². The van der Waals surface area contributed by atoms with Crippen molar-refractivity contribution in [1.82, 2.24) is 20.2 Å². The van der Waals surface area contributed by atoms with Crippen molar-refractivity contribution >= 4 is 15.9 Å². The summed E-state index contributed by atoms with van der Waals surface area (Å²) in [6.45, 7) is 2.10. The van der Waals surface area contributed by atoms with Gasteiger partial charge in [0, 0.05) is 17.0 Å². The zero-order valence-electron chi connectivity index (χ0n) is 9.72. The number of halogens is 1. The summed E-state index contributed by atoms with van der Waals surface area (Å²) in [5, 5.41) is 11.7. The number of benzene rings is 1. The lowest BCUT2D eigenvalue weighted by Gasteiger charge is -2.08. The maximum atomic E-state index is 5.20. The number of aromatic nitrogens is 4. The number of hydrogen-bond acceptors (Lipinski definition) is 4. The van der Waals surface area contributed by atoms with Gasteiger partial charge in [-0.25, -0.2) is 0 Å². The van der Waals surface area contributed by atoms with Gasteiger partial charge >= 0.3 is 0 Å². The van der Waals surface area contributed by atoms with E-state index in [4.69, 9.17) is 4.74 Å². The maximum absolute atomic E-state index is 5.20. The zero-order chi connectivity index (χ0) is 12.3. The minimum absolute atomic E-state index is 0.779. The third kappa shape index (κ3) is 2.46. The average Bonchev–Trinajstić information content (AvgIpc) is 2.78. The van der Waals surface area contributed by atoms with Crippen molar-refractivity contribution < 1.29 is 4.74 Å². The molecule has 6 heteroatoms. The van der Waals surface area contributed by atoms with Gasteiger partial charge in [0.25, 0.3) is 0 Å². The van der Waals surface area contributed by atoms with Crippen molar-refractivity contribution in [3.8, 4) is 11.4 Å². The highest BCUT2D eigenvalue weighted by atomic mass is 79.9. The zero-order valence-corrected chi connectivity index (χ0v) is 11.3. The molecule has 1 aromatic carbocycles. The van der Waals surface area contributed by atoms with E-state index in [0.29, 0.717) is 0 Å². The number of hydrogen-bond donors (Lipinski definition) is 0. The second-order valence-electron chi connectivity index (χ2n) is 3.57. The fraction of sp³-hybridized carbons (Fsp3) is 0.364. The molecule has 0 amide bonds. The molecule has 0 aliphatic heterocycles. The first-order chi connectivity index (χ1) is 8.26. The molecule has 0 saturated heterocycles. The fourth-order valence-electron chi connectivity index (χ4n) is 1.55. The monoisotopic (exact) mass is 296 g/mol. The van der Waals surface area contributed by atoms with Gasteiger partial charge in [-0.3, -0.25) is 0 Å². The number of tetrazole rings is 1. The molecule has 2 aromatic rings. The van der Waals surface area contributed by atoms with Gasteiger partial charge in [-0.1, -0.05) is 6.92 Å². The Hall–Kier alpha value is -1.43. The largest absolute Gasteiger partial charge is 0.497 e. The topological polar surface area (TPSA) is 52.8 Å². The van der Waals surface area contributed by atoms with Crippen molar-refractivity contribution in [2.45, 2.75) is 19.8 Å². The van der Waals surface area contributed by atoms with Crippen molar-refractivity contribution in [2.75, 3.05) is 7.11 Å². The van der Waals surface area contributed by atoms with E-state index < -0.39 is 0 Å². The summed E-state index contributed by atoms with van der Waals surface area (Å²) in [5.74, 6) is 1.63. The molecule has 17 heavy (non-hydrogen) atoms. The van der Waals surface area contributed by atoms with Crippen LogP contribution in [-0.4, -0.2) is 27.3 Å². The van der Waals surface area contributed by atoms with Crippen LogP contribution in [0.2, 0.25) is 0 Å². The van der Waals surface area contributed by atoms with Crippen LogP contribution in [-0.2, 0) is 6.42 Å². The lowest BCUT2D eigenvalue weighted by molar-refractivity contribution is 0.414. The Morgan fingerprint density at radius 2 is 2.24 bits per heavy atom. The van der Waals surface area contributed by atoms with Crippen LogP contribution in [0.1, 0.15) is 19.2 Å². The summed E-state index contributed by atoms with van der Waals surface area (Å²) < 4.78 is 7.87. The summed E-state index contributed by atoms with van der Waals surface area (Å²) in [7, 11) is 1.64. The Labute approximate surface area is 108 Å². The van der Waals surface area contributed by atoms with E-state index in [9.17, 15) is 0 Å². The number of ether oxygens (including phenoxy) is 1. The second-order valence-corrected chi connectivity index (χ2v) is 4.43. The summed E-state index contributed by atoms with van der Waals surface area (Å²) in [6.07, 6.45) is 1.85. The Morgan fingerprint density at radius 1 is 1.41 bits per heavy atom. The second kappa shape index (κ2) is 5.27. The molecule has 0 spiro atoms. The van der Waals surface area contributed by atoms with Crippen LogP contribution in [0.25, 0.3) is 5.69 Å². The van der Waals surface area contributed by atoms with E-state index in [1.165, 1.54) is 0 Å². The Morgan fingerprint density at radius 3 is 2.94 bits per heavy atom. The molecule has 5 nitrogen and oxygen atoms in total. The average molecular weight is 297 g/mol. The summed E-state index contributed by atoms with van der Waals surface area (Å²) in [6, 6.07) is 5.71. The van der Waals surface area contributed by atoms with Gasteiger partial charge in [-0.2, -0.15) is 4.68 Å². The predicted molar refractivity (Wildman–Crippen MR) is 67.4 cm³/mol. The smallest absolute Gasteiger partial charge is 0.156 e. The summed E-state index contributed by atoms with van der Waals surface area (Å²) in [4.78, 5) is 0. The number of rotatable bonds is 4. The van der Waals surface area contributed by atoms with Crippen molar-refractivity contribution in [3.05, 3.63) is 28.5 Å². The molecule has 0 saturated carbocycles. The van der Waals surface area contributed by atoms with Gasteiger partial charge in [0.05, 0.1) is 12.8 Å². The minimum atomic E-state index is 0.779. The van der Waals surface area contributed by atoms with Gasteiger partial charge < -0.3 is 4.74 Å².